The Morgan fingerprint density at radius 2 is 1.87 bits per heavy atom. The van der Waals surface area contributed by atoms with E-state index in [1.54, 1.807) is 24.5 Å². The third-order valence-electron chi connectivity index (χ3n) is 2.17. The molecule has 0 aliphatic rings. The molecule has 2 aromatic rings. The van der Waals surface area contributed by atoms with Crippen LogP contribution in [0.15, 0.2) is 42.7 Å². The van der Waals surface area contributed by atoms with Gasteiger partial charge in [0.25, 0.3) is 0 Å². The number of nitrogens with two attached hydrogens (primary N) is 1. The van der Waals surface area contributed by atoms with Crippen LogP contribution in [-0.4, -0.2) is 4.98 Å². The second kappa shape index (κ2) is 3.81. The van der Waals surface area contributed by atoms with Crippen LogP contribution in [0.5, 0.6) is 0 Å². The Hall–Kier alpha value is -2.34. The summed E-state index contributed by atoms with van der Waals surface area (Å²) in [4.78, 5) is 3.94. The van der Waals surface area contributed by atoms with E-state index in [0.717, 1.165) is 11.1 Å². The molecular weight excluding hydrogens is 186 g/mol. The van der Waals surface area contributed by atoms with Crippen LogP contribution in [0.4, 0.5) is 5.69 Å². The number of benzene rings is 1. The Morgan fingerprint density at radius 1 is 1.13 bits per heavy atom. The van der Waals surface area contributed by atoms with Gasteiger partial charge in [0.1, 0.15) is 0 Å². The number of nitriles is 1. The van der Waals surface area contributed by atoms with E-state index in [1.165, 1.54) is 0 Å². The molecule has 0 unspecified atom stereocenters. The lowest BCUT2D eigenvalue weighted by Gasteiger charge is -2.05. The smallest absolute Gasteiger partial charge is 0.0992 e. The van der Waals surface area contributed by atoms with Crippen LogP contribution < -0.4 is 5.73 Å². The maximum absolute atomic E-state index is 8.71. The summed E-state index contributed by atoms with van der Waals surface area (Å²) in [7, 11) is 0. The van der Waals surface area contributed by atoms with Crippen molar-refractivity contribution in [2.75, 3.05) is 5.73 Å². The highest BCUT2D eigenvalue weighted by molar-refractivity contribution is 5.76. The van der Waals surface area contributed by atoms with Crippen molar-refractivity contribution in [3.63, 3.8) is 0 Å². The van der Waals surface area contributed by atoms with Gasteiger partial charge in [-0.3, -0.25) is 4.98 Å². The van der Waals surface area contributed by atoms with E-state index in [4.69, 9.17) is 11.0 Å². The molecule has 0 saturated heterocycles. The van der Waals surface area contributed by atoms with Crippen LogP contribution in [-0.2, 0) is 0 Å². The highest BCUT2D eigenvalue weighted by Gasteiger charge is 2.02. The van der Waals surface area contributed by atoms with Gasteiger partial charge in [0.05, 0.1) is 11.6 Å². The predicted molar refractivity (Wildman–Crippen MR) is 58.8 cm³/mol. The van der Waals surface area contributed by atoms with E-state index in [0.29, 0.717) is 11.3 Å². The molecule has 2 rings (SSSR count). The molecule has 0 bridgehead atoms. The normalized spacial score (nSPS) is 9.53. The topological polar surface area (TPSA) is 62.7 Å². The minimum absolute atomic E-state index is 0.574. The molecule has 0 atom stereocenters. The summed E-state index contributed by atoms with van der Waals surface area (Å²) in [6.45, 7) is 0. The first-order valence-electron chi connectivity index (χ1n) is 4.51. The second-order valence-corrected chi connectivity index (χ2v) is 3.15. The molecule has 15 heavy (non-hydrogen) atoms. The van der Waals surface area contributed by atoms with Gasteiger partial charge in [0.2, 0.25) is 0 Å². The number of rotatable bonds is 1. The molecule has 2 N–H and O–H groups in total. The molecule has 0 aliphatic heterocycles. The van der Waals surface area contributed by atoms with E-state index in [1.807, 2.05) is 18.2 Å². The largest absolute Gasteiger partial charge is 0.398 e. The molecule has 3 nitrogen and oxygen atoms in total. The quantitative estimate of drug-likeness (QED) is 0.709. The minimum Gasteiger partial charge on any atom is -0.398 e. The van der Waals surface area contributed by atoms with Crippen LogP contribution in [0.2, 0.25) is 0 Å². The van der Waals surface area contributed by atoms with Gasteiger partial charge in [-0.1, -0.05) is 6.07 Å². The first-order valence-corrected chi connectivity index (χ1v) is 4.51. The van der Waals surface area contributed by atoms with Gasteiger partial charge in [-0.25, -0.2) is 0 Å². The Kier molecular flexibility index (Phi) is 2.34. The molecule has 1 aromatic carbocycles. The molecular formula is C12H9N3. The van der Waals surface area contributed by atoms with Crippen molar-refractivity contribution in [3.05, 3.63) is 48.3 Å². The fraction of sp³-hybridized carbons (Fsp3) is 0. The highest BCUT2D eigenvalue weighted by atomic mass is 14.6. The lowest BCUT2D eigenvalue weighted by Crippen LogP contribution is -1.91. The van der Waals surface area contributed by atoms with Gasteiger partial charge in [-0.2, -0.15) is 5.26 Å². The van der Waals surface area contributed by atoms with Gasteiger partial charge in [0, 0.05) is 23.6 Å². The van der Waals surface area contributed by atoms with Crippen LogP contribution in [0.25, 0.3) is 11.1 Å². The third kappa shape index (κ3) is 1.79. The summed E-state index contributed by atoms with van der Waals surface area (Å²) < 4.78 is 0. The summed E-state index contributed by atoms with van der Waals surface area (Å²) in [5.74, 6) is 0. The van der Waals surface area contributed by atoms with Crippen molar-refractivity contribution in [1.29, 1.82) is 5.26 Å². The third-order valence-corrected chi connectivity index (χ3v) is 2.17. The van der Waals surface area contributed by atoms with Gasteiger partial charge < -0.3 is 5.73 Å². The SMILES string of the molecule is N#Cc1ccc(-c2ccncc2)c(N)c1. The zero-order valence-corrected chi connectivity index (χ0v) is 8.01. The summed E-state index contributed by atoms with van der Waals surface area (Å²) in [5, 5.41) is 8.71. The standard InChI is InChI=1S/C12H9N3/c13-8-9-1-2-11(12(14)7-9)10-3-5-15-6-4-10/h1-7H,14H2. The Morgan fingerprint density at radius 3 is 2.47 bits per heavy atom. The number of pyridine rings is 1. The van der Waals surface area contributed by atoms with E-state index in [2.05, 4.69) is 11.1 Å². The molecule has 1 heterocycles. The molecule has 1 aromatic heterocycles. The van der Waals surface area contributed by atoms with Crippen molar-refractivity contribution in [2.45, 2.75) is 0 Å². The van der Waals surface area contributed by atoms with Crippen LogP contribution in [0, 0.1) is 11.3 Å². The number of nitrogens with zero attached hydrogens (tertiary/aromatic N) is 2. The first kappa shape index (κ1) is 9.22. The molecule has 0 saturated carbocycles. The van der Waals surface area contributed by atoms with Crippen molar-refractivity contribution in [1.82, 2.24) is 4.98 Å². The summed E-state index contributed by atoms with van der Waals surface area (Å²) in [6, 6.07) is 11.1. The van der Waals surface area contributed by atoms with Crippen LogP contribution >= 0.6 is 0 Å². The zero-order valence-electron chi connectivity index (χ0n) is 8.01. The number of aromatic nitrogens is 1. The fourth-order valence-electron chi connectivity index (χ4n) is 1.43. The van der Waals surface area contributed by atoms with Crippen LogP contribution in [0.3, 0.4) is 0 Å². The van der Waals surface area contributed by atoms with E-state index in [-0.39, 0.29) is 0 Å². The molecule has 72 valence electrons. The van der Waals surface area contributed by atoms with Crippen molar-refractivity contribution < 1.29 is 0 Å². The first-order chi connectivity index (χ1) is 7.31. The lowest BCUT2D eigenvalue weighted by molar-refractivity contribution is 1.33. The van der Waals surface area contributed by atoms with Gasteiger partial charge in [-0.05, 0) is 29.8 Å². The average molecular weight is 195 g/mol. The average Bonchev–Trinajstić information content (AvgIpc) is 2.30. The minimum atomic E-state index is 0.574. The molecule has 0 amide bonds. The lowest BCUT2D eigenvalue weighted by atomic mass is 10.0. The molecule has 0 aliphatic carbocycles. The van der Waals surface area contributed by atoms with Gasteiger partial charge in [0.15, 0.2) is 0 Å². The Bertz CT molecular complexity index is 512. The number of nitrogen functional groups attached to an aromatic ring is 1. The summed E-state index contributed by atoms with van der Waals surface area (Å²) in [6.07, 6.45) is 3.43. The number of anilines is 1. The fourth-order valence-corrected chi connectivity index (χ4v) is 1.43. The summed E-state index contributed by atoms with van der Waals surface area (Å²) in [5.41, 5.74) is 8.98. The van der Waals surface area contributed by atoms with Gasteiger partial charge >= 0.3 is 0 Å². The van der Waals surface area contributed by atoms with E-state index < -0.39 is 0 Å². The van der Waals surface area contributed by atoms with Crippen molar-refractivity contribution in [2.24, 2.45) is 0 Å². The van der Waals surface area contributed by atoms with E-state index in [9.17, 15) is 0 Å². The molecule has 3 heteroatoms. The Labute approximate surface area is 87.8 Å². The maximum Gasteiger partial charge on any atom is 0.0992 e. The molecule has 0 spiro atoms. The second-order valence-electron chi connectivity index (χ2n) is 3.15. The maximum atomic E-state index is 8.71. The summed E-state index contributed by atoms with van der Waals surface area (Å²) >= 11 is 0. The molecule has 0 fully saturated rings. The molecule has 0 radical (unpaired) electrons. The Balaban J connectivity index is 2.52. The number of hydrogen-bond acceptors (Lipinski definition) is 3. The monoisotopic (exact) mass is 195 g/mol. The zero-order chi connectivity index (χ0) is 10.7. The number of hydrogen-bond donors (Lipinski definition) is 1. The van der Waals surface area contributed by atoms with Crippen LogP contribution in [0.1, 0.15) is 5.56 Å². The van der Waals surface area contributed by atoms with Crippen molar-refractivity contribution >= 4 is 5.69 Å². The van der Waals surface area contributed by atoms with E-state index >= 15 is 0 Å². The van der Waals surface area contributed by atoms with Crippen molar-refractivity contribution in [3.8, 4) is 17.2 Å². The van der Waals surface area contributed by atoms with Gasteiger partial charge in [-0.15, -0.1) is 0 Å². The highest BCUT2D eigenvalue weighted by Crippen LogP contribution is 2.25. The predicted octanol–water partition coefficient (Wildman–Crippen LogP) is 2.20.